The number of nitrogens with one attached hydrogen (secondary N) is 1. The number of hydrogen-bond acceptors (Lipinski definition) is 6. The van der Waals surface area contributed by atoms with Crippen molar-refractivity contribution in [1.29, 1.82) is 0 Å². The summed E-state index contributed by atoms with van der Waals surface area (Å²) in [4.78, 5) is 20.1. The molecular formula is C15H15N3O4. The molecule has 0 aliphatic carbocycles. The van der Waals surface area contributed by atoms with Crippen LogP contribution >= 0.6 is 0 Å². The molecule has 1 aliphatic rings. The zero-order valence-corrected chi connectivity index (χ0v) is 12.0. The minimum atomic E-state index is -0.649. The molecule has 1 aromatic heterocycles. The lowest BCUT2D eigenvalue weighted by Crippen LogP contribution is -2.32. The molecule has 22 heavy (non-hydrogen) atoms. The number of fused-ring (bicyclic) bond motifs is 1. The van der Waals surface area contributed by atoms with Gasteiger partial charge < -0.3 is 14.2 Å². The summed E-state index contributed by atoms with van der Waals surface area (Å²) in [5.41, 5.74) is 0. The van der Waals surface area contributed by atoms with Crippen molar-refractivity contribution in [2.75, 3.05) is 12.1 Å². The van der Waals surface area contributed by atoms with Gasteiger partial charge in [0.05, 0.1) is 0 Å². The highest BCUT2D eigenvalue weighted by atomic mass is 16.7. The van der Waals surface area contributed by atoms with E-state index in [9.17, 15) is 4.79 Å². The van der Waals surface area contributed by atoms with Crippen molar-refractivity contribution < 1.29 is 19.0 Å². The monoisotopic (exact) mass is 301 g/mol. The Labute approximate surface area is 127 Å². The summed E-state index contributed by atoms with van der Waals surface area (Å²) in [6.45, 7) is 2.06. The van der Waals surface area contributed by atoms with E-state index in [1.165, 1.54) is 0 Å². The van der Waals surface area contributed by atoms with Gasteiger partial charge in [0, 0.05) is 18.5 Å². The predicted molar refractivity (Wildman–Crippen MR) is 77.9 cm³/mol. The van der Waals surface area contributed by atoms with Gasteiger partial charge in [-0.1, -0.05) is 6.92 Å². The van der Waals surface area contributed by atoms with E-state index >= 15 is 0 Å². The molecule has 3 rings (SSSR count). The molecule has 1 N–H and O–H groups in total. The summed E-state index contributed by atoms with van der Waals surface area (Å²) in [7, 11) is 0. The normalized spacial score (nSPS) is 13.5. The lowest BCUT2D eigenvalue weighted by Gasteiger charge is -2.16. The Hall–Kier alpha value is -2.83. The summed E-state index contributed by atoms with van der Waals surface area (Å²) in [6.07, 6.45) is 2.97. The third kappa shape index (κ3) is 3.08. The SMILES string of the molecule is CCC(Oc1ccc2c(c1)OCO2)C(=O)Nc1ncccn1. The number of rotatable bonds is 5. The summed E-state index contributed by atoms with van der Waals surface area (Å²) in [5.74, 6) is 1.77. The first-order valence-electron chi connectivity index (χ1n) is 6.90. The van der Waals surface area contributed by atoms with Crippen LogP contribution in [0.1, 0.15) is 13.3 Å². The van der Waals surface area contributed by atoms with Crippen molar-refractivity contribution in [3.05, 3.63) is 36.7 Å². The summed E-state index contributed by atoms with van der Waals surface area (Å²) < 4.78 is 16.2. The van der Waals surface area contributed by atoms with Gasteiger partial charge in [0.1, 0.15) is 5.75 Å². The zero-order valence-electron chi connectivity index (χ0n) is 12.0. The highest BCUT2D eigenvalue weighted by Gasteiger charge is 2.21. The maximum absolute atomic E-state index is 12.2. The number of benzene rings is 1. The molecule has 0 fully saturated rings. The van der Waals surface area contributed by atoms with Crippen molar-refractivity contribution in [2.24, 2.45) is 0 Å². The molecule has 1 atom stereocenters. The standard InChI is InChI=1S/C15H15N3O4/c1-2-11(14(19)18-15-16-6-3-7-17-15)22-10-4-5-12-13(8-10)21-9-20-12/h3-8,11H,2,9H2,1H3,(H,16,17,18,19). The molecule has 0 radical (unpaired) electrons. The van der Waals surface area contributed by atoms with Crippen LogP contribution in [0.2, 0.25) is 0 Å². The fourth-order valence-corrected chi connectivity index (χ4v) is 1.99. The van der Waals surface area contributed by atoms with Gasteiger partial charge in [0.2, 0.25) is 12.7 Å². The van der Waals surface area contributed by atoms with E-state index in [4.69, 9.17) is 14.2 Å². The second-order valence-corrected chi connectivity index (χ2v) is 4.59. The van der Waals surface area contributed by atoms with Crippen molar-refractivity contribution in [3.63, 3.8) is 0 Å². The Balaban J connectivity index is 1.67. The zero-order chi connectivity index (χ0) is 15.4. The first kappa shape index (κ1) is 14.1. The summed E-state index contributed by atoms with van der Waals surface area (Å²) in [5, 5.41) is 2.62. The molecule has 2 aromatic rings. The number of aromatic nitrogens is 2. The first-order valence-corrected chi connectivity index (χ1v) is 6.90. The van der Waals surface area contributed by atoms with Crippen LogP contribution in [-0.2, 0) is 4.79 Å². The number of anilines is 1. The maximum atomic E-state index is 12.2. The molecule has 2 heterocycles. The first-order chi connectivity index (χ1) is 10.8. The van der Waals surface area contributed by atoms with E-state index in [1.807, 2.05) is 6.92 Å². The molecule has 0 saturated heterocycles. The Bertz CT molecular complexity index is 663. The van der Waals surface area contributed by atoms with Crippen LogP contribution in [0.25, 0.3) is 0 Å². The molecule has 1 aromatic carbocycles. The van der Waals surface area contributed by atoms with Gasteiger partial charge in [-0.05, 0) is 24.6 Å². The molecule has 114 valence electrons. The number of amides is 1. The van der Waals surface area contributed by atoms with Gasteiger partial charge in [-0.15, -0.1) is 0 Å². The topological polar surface area (TPSA) is 82.6 Å². The molecule has 0 spiro atoms. The van der Waals surface area contributed by atoms with Crippen LogP contribution in [0.15, 0.2) is 36.7 Å². The van der Waals surface area contributed by atoms with Gasteiger partial charge in [0.15, 0.2) is 17.6 Å². The van der Waals surface area contributed by atoms with E-state index in [-0.39, 0.29) is 18.6 Å². The third-order valence-electron chi connectivity index (χ3n) is 3.09. The Morgan fingerprint density at radius 1 is 1.32 bits per heavy atom. The third-order valence-corrected chi connectivity index (χ3v) is 3.09. The predicted octanol–water partition coefficient (Wildman–Crippen LogP) is 2.00. The van der Waals surface area contributed by atoms with E-state index in [0.29, 0.717) is 23.7 Å². The average Bonchev–Trinajstić information content (AvgIpc) is 3.01. The van der Waals surface area contributed by atoms with Crippen molar-refractivity contribution in [2.45, 2.75) is 19.4 Å². The van der Waals surface area contributed by atoms with Crippen LogP contribution in [0.5, 0.6) is 17.2 Å². The van der Waals surface area contributed by atoms with E-state index < -0.39 is 6.10 Å². The molecule has 7 nitrogen and oxygen atoms in total. The number of nitrogens with zero attached hydrogens (tertiary/aromatic N) is 2. The van der Waals surface area contributed by atoms with Crippen LogP contribution in [-0.4, -0.2) is 28.8 Å². The fraction of sp³-hybridized carbons (Fsp3) is 0.267. The lowest BCUT2D eigenvalue weighted by molar-refractivity contribution is -0.122. The van der Waals surface area contributed by atoms with E-state index in [1.54, 1.807) is 36.7 Å². The van der Waals surface area contributed by atoms with Gasteiger partial charge in [-0.2, -0.15) is 0 Å². The highest BCUT2D eigenvalue weighted by molar-refractivity contribution is 5.92. The van der Waals surface area contributed by atoms with Crippen LogP contribution < -0.4 is 19.5 Å². The number of carbonyl (C=O) groups is 1. The molecule has 7 heteroatoms. The minimum absolute atomic E-state index is 0.196. The van der Waals surface area contributed by atoms with Crippen molar-refractivity contribution in [3.8, 4) is 17.2 Å². The smallest absolute Gasteiger partial charge is 0.267 e. The van der Waals surface area contributed by atoms with E-state index in [2.05, 4.69) is 15.3 Å². The minimum Gasteiger partial charge on any atom is -0.480 e. The van der Waals surface area contributed by atoms with Crippen LogP contribution in [0, 0.1) is 0 Å². The molecule has 0 bridgehead atoms. The van der Waals surface area contributed by atoms with Gasteiger partial charge in [-0.25, -0.2) is 9.97 Å². The van der Waals surface area contributed by atoms with Crippen molar-refractivity contribution in [1.82, 2.24) is 9.97 Å². The second-order valence-electron chi connectivity index (χ2n) is 4.59. The Morgan fingerprint density at radius 3 is 2.86 bits per heavy atom. The molecular weight excluding hydrogens is 286 g/mol. The molecule has 0 saturated carbocycles. The fourth-order valence-electron chi connectivity index (χ4n) is 1.99. The van der Waals surface area contributed by atoms with Gasteiger partial charge >= 0.3 is 0 Å². The van der Waals surface area contributed by atoms with Crippen LogP contribution in [0.4, 0.5) is 5.95 Å². The highest BCUT2D eigenvalue weighted by Crippen LogP contribution is 2.35. The second kappa shape index (κ2) is 6.30. The van der Waals surface area contributed by atoms with Crippen molar-refractivity contribution >= 4 is 11.9 Å². The van der Waals surface area contributed by atoms with E-state index in [0.717, 1.165) is 0 Å². The molecule has 1 amide bonds. The Morgan fingerprint density at radius 2 is 2.09 bits per heavy atom. The maximum Gasteiger partial charge on any atom is 0.267 e. The van der Waals surface area contributed by atoms with Gasteiger partial charge in [0.25, 0.3) is 5.91 Å². The van der Waals surface area contributed by atoms with Gasteiger partial charge in [-0.3, -0.25) is 10.1 Å². The quantitative estimate of drug-likeness (QED) is 0.909. The summed E-state index contributed by atoms with van der Waals surface area (Å²) >= 11 is 0. The number of hydrogen-bond donors (Lipinski definition) is 1. The largest absolute Gasteiger partial charge is 0.480 e. The number of ether oxygens (including phenoxy) is 3. The number of carbonyl (C=O) groups excluding carboxylic acids is 1. The lowest BCUT2D eigenvalue weighted by atomic mass is 10.2. The average molecular weight is 301 g/mol. The molecule has 1 aliphatic heterocycles. The Kier molecular flexibility index (Phi) is 4.04. The molecule has 1 unspecified atom stereocenters. The summed E-state index contributed by atoms with van der Waals surface area (Å²) in [6, 6.07) is 6.87. The van der Waals surface area contributed by atoms with Crippen LogP contribution in [0.3, 0.4) is 0 Å².